The molecule has 0 spiro atoms. The number of anilines is 1. The van der Waals surface area contributed by atoms with Gasteiger partial charge in [0, 0.05) is 5.75 Å². The minimum Gasteiger partial charge on any atom is -0.462 e. The normalized spacial score (nSPS) is 12.2. The zero-order chi connectivity index (χ0) is 13.5. The van der Waals surface area contributed by atoms with Crippen molar-refractivity contribution >= 4 is 23.4 Å². The molecule has 0 saturated heterocycles. The molecule has 1 aromatic rings. The first-order valence-electron chi connectivity index (χ1n) is 5.42. The molecule has 100 valence electrons. The Kier molecular flexibility index (Phi) is 5.90. The van der Waals surface area contributed by atoms with E-state index >= 15 is 0 Å². The first-order valence-corrected chi connectivity index (χ1v) is 6.41. The van der Waals surface area contributed by atoms with Crippen LogP contribution in [-0.4, -0.2) is 46.2 Å². The Labute approximate surface area is 109 Å². The second-order valence-electron chi connectivity index (χ2n) is 3.49. The first-order chi connectivity index (χ1) is 8.58. The molecule has 0 aliphatic carbocycles. The maximum atomic E-state index is 11.7. The quantitative estimate of drug-likeness (QED) is 0.504. The number of thioether (sulfide) groups is 1. The lowest BCUT2D eigenvalue weighted by atomic mass is 10.3. The zero-order valence-electron chi connectivity index (χ0n) is 10.00. The molecule has 18 heavy (non-hydrogen) atoms. The van der Waals surface area contributed by atoms with E-state index in [1.807, 2.05) is 0 Å². The molecule has 4 N–H and O–H groups in total. The van der Waals surface area contributed by atoms with Crippen LogP contribution in [0.1, 0.15) is 17.3 Å². The number of rotatable bonds is 6. The van der Waals surface area contributed by atoms with Gasteiger partial charge in [-0.25, -0.2) is 9.78 Å². The second-order valence-corrected chi connectivity index (χ2v) is 4.50. The van der Waals surface area contributed by atoms with Gasteiger partial charge in [-0.15, -0.1) is 11.8 Å². The number of nitrogen functional groups attached to an aromatic ring is 1. The van der Waals surface area contributed by atoms with Crippen molar-refractivity contribution in [1.29, 1.82) is 0 Å². The molecule has 0 amide bonds. The SMILES string of the molecule is CCOC(=O)c1cc(N)cnc1SCC(O)CO. The number of nitrogens with two attached hydrogens (primary N) is 1. The summed E-state index contributed by atoms with van der Waals surface area (Å²) in [5, 5.41) is 18.4. The molecule has 1 heterocycles. The molecule has 1 rings (SSSR count). The van der Waals surface area contributed by atoms with E-state index in [0.717, 1.165) is 0 Å². The number of aliphatic hydroxyl groups is 2. The van der Waals surface area contributed by atoms with E-state index in [4.69, 9.17) is 15.6 Å². The third kappa shape index (κ3) is 4.17. The van der Waals surface area contributed by atoms with E-state index in [1.165, 1.54) is 24.0 Å². The molecule has 6 nitrogen and oxygen atoms in total. The highest BCUT2D eigenvalue weighted by atomic mass is 32.2. The minimum atomic E-state index is -0.857. The Balaban J connectivity index is 2.86. The fourth-order valence-corrected chi connectivity index (χ4v) is 2.05. The summed E-state index contributed by atoms with van der Waals surface area (Å²) in [5.74, 6) is -0.266. The van der Waals surface area contributed by atoms with Gasteiger partial charge >= 0.3 is 5.97 Å². The highest BCUT2D eigenvalue weighted by molar-refractivity contribution is 7.99. The van der Waals surface area contributed by atoms with Crippen LogP contribution in [0.15, 0.2) is 17.3 Å². The fraction of sp³-hybridized carbons (Fsp3) is 0.455. The Bertz CT molecular complexity index is 414. The zero-order valence-corrected chi connectivity index (χ0v) is 10.8. The predicted octanol–water partition coefficient (Wildman–Crippen LogP) is 0.286. The van der Waals surface area contributed by atoms with Gasteiger partial charge in [0.25, 0.3) is 0 Å². The van der Waals surface area contributed by atoms with E-state index in [0.29, 0.717) is 10.7 Å². The van der Waals surface area contributed by atoms with Crippen LogP contribution in [0, 0.1) is 0 Å². The number of carbonyl (C=O) groups is 1. The molecule has 0 aliphatic rings. The molecule has 0 aromatic carbocycles. The maximum absolute atomic E-state index is 11.7. The van der Waals surface area contributed by atoms with Crippen LogP contribution in [0.25, 0.3) is 0 Å². The number of carbonyl (C=O) groups excluding carboxylic acids is 1. The molecule has 0 saturated carbocycles. The van der Waals surface area contributed by atoms with E-state index in [9.17, 15) is 9.90 Å². The van der Waals surface area contributed by atoms with Crippen molar-refractivity contribution in [3.8, 4) is 0 Å². The minimum absolute atomic E-state index is 0.236. The van der Waals surface area contributed by atoms with Gasteiger partial charge in [-0.05, 0) is 13.0 Å². The number of ether oxygens (including phenoxy) is 1. The van der Waals surface area contributed by atoms with Gasteiger partial charge in [-0.3, -0.25) is 0 Å². The smallest absolute Gasteiger partial charge is 0.340 e. The van der Waals surface area contributed by atoms with Crippen molar-refractivity contribution in [2.75, 3.05) is 24.7 Å². The first kappa shape index (κ1) is 14.7. The largest absolute Gasteiger partial charge is 0.462 e. The van der Waals surface area contributed by atoms with Crippen molar-refractivity contribution in [3.05, 3.63) is 17.8 Å². The average Bonchev–Trinajstić information content (AvgIpc) is 2.37. The van der Waals surface area contributed by atoms with E-state index < -0.39 is 12.1 Å². The van der Waals surface area contributed by atoms with E-state index in [-0.39, 0.29) is 24.5 Å². The van der Waals surface area contributed by atoms with Gasteiger partial charge < -0.3 is 20.7 Å². The Morgan fingerprint density at radius 2 is 2.39 bits per heavy atom. The summed E-state index contributed by atoms with van der Waals surface area (Å²) in [6.45, 7) is 1.63. The Morgan fingerprint density at radius 3 is 3.00 bits per heavy atom. The van der Waals surface area contributed by atoms with Crippen LogP contribution in [0.5, 0.6) is 0 Å². The molecule has 0 fully saturated rings. The van der Waals surface area contributed by atoms with Crippen LogP contribution in [-0.2, 0) is 4.74 Å². The summed E-state index contributed by atoms with van der Waals surface area (Å²) < 4.78 is 4.90. The Morgan fingerprint density at radius 1 is 1.67 bits per heavy atom. The number of nitrogens with zero attached hydrogens (tertiary/aromatic N) is 1. The number of hydrogen-bond acceptors (Lipinski definition) is 7. The second kappa shape index (κ2) is 7.20. The molecule has 1 aromatic heterocycles. The molecule has 7 heteroatoms. The summed E-state index contributed by atoms with van der Waals surface area (Å²) >= 11 is 1.17. The maximum Gasteiger partial charge on any atom is 0.340 e. The van der Waals surface area contributed by atoms with Crippen molar-refractivity contribution in [2.45, 2.75) is 18.1 Å². The lowest BCUT2D eigenvalue weighted by molar-refractivity contribution is 0.0521. The number of pyridine rings is 1. The summed E-state index contributed by atoms with van der Waals surface area (Å²) in [4.78, 5) is 15.7. The summed E-state index contributed by atoms with van der Waals surface area (Å²) in [7, 11) is 0. The van der Waals surface area contributed by atoms with Crippen LogP contribution in [0.2, 0.25) is 0 Å². The van der Waals surface area contributed by atoms with Gasteiger partial charge in [0.2, 0.25) is 0 Å². The standard InChI is InChI=1S/C11H16N2O4S/c1-2-17-11(16)9-3-7(12)4-13-10(9)18-6-8(15)5-14/h3-4,8,14-15H,2,5-6,12H2,1H3. The predicted molar refractivity (Wildman–Crippen MR) is 68.4 cm³/mol. The van der Waals surface area contributed by atoms with E-state index in [1.54, 1.807) is 6.92 Å². The topological polar surface area (TPSA) is 106 Å². The molecule has 0 bridgehead atoms. The summed E-state index contributed by atoms with van der Waals surface area (Å²) in [6.07, 6.45) is 0.570. The third-order valence-electron chi connectivity index (χ3n) is 1.99. The molecular weight excluding hydrogens is 256 g/mol. The van der Waals surface area contributed by atoms with Gasteiger partial charge in [0.15, 0.2) is 0 Å². The van der Waals surface area contributed by atoms with Crippen LogP contribution in [0.4, 0.5) is 5.69 Å². The highest BCUT2D eigenvalue weighted by Gasteiger charge is 2.16. The van der Waals surface area contributed by atoms with Gasteiger partial charge in [0.1, 0.15) is 5.03 Å². The summed E-state index contributed by atoms with van der Waals surface area (Å²) in [5.41, 5.74) is 6.21. The molecule has 0 aliphatic heterocycles. The molecule has 1 atom stereocenters. The van der Waals surface area contributed by atoms with Crippen LogP contribution in [0.3, 0.4) is 0 Å². The monoisotopic (exact) mass is 272 g/mol. The van der Waals surface area contributed by atoms with Crippen molar-refractivity contribution in [2.24, 2.45) is 0 Å². The Hall–Kier alpha value is -1.31. The molecule has 0 radical (unpaired) electrons. The fourth-order valence-electron chi connectivity index (χ4n) is 1.17. The molecule has 1 unspecified atom stereocenters. The summed E-state index contributed by atoms with van der Waals surface area (Å²) in [6, 6.07) is 1.48. The van der Waals surface area contributed by atoms with Crippen molar-refractivity contribution in [3.63, 3.8) is 0 Å². The number of aromatic nitrogens is 1. The van der Waals surface area contributed by atoms with Crippen molar-refractivity contribution < 1.29 is 19.7 Å². The van der Waals surface area contributed by atoms with Crippen LogP contribution < -0.4 is 5.73 Å². The van der Waals surface area contributed by atoms with Crippen molar-refractivity contribution in [1.82, 2.24) is 4.98 Å². The van der Waals surface area contributed by atoms with Gasteiger partial charge in [-0.1, -0.05) is 0 Å². The number of aliphatic hydroxyl groups excluding tert-OH is 2. The number of esters is 1. The van der Waals surface area contributed by atoms with Gasteiger partial charge in [0.05, 0.1) is 36.8 Å². The highest BCUT2D eigenvalue weighted by Crippen LogP contribution is 2.23. The average molecular weight is 272 g/mol. The van der Waals surface area contributed by atoms with Gasteiger partial charge in [-0.2, -0.15) is 0 Å². The third-order valence-corrected chi connectivity index (χ3v) is 3.14. The number of hydrogen-bond donors (Lipinski definition) is 3. The van der Waals surface area contributed by atoms with E-state index in [2.05, 4.69) is 4.98 Å². The lowest BCUT2D eigenvalue weighted by Crippen LogP contribution is -2.15. The lowest BCUT2D eigenvalue weighted by Gasteiger charge is -2.10. The molecular formula is C11H16N2O4S. The van der Waals surface area contributed by atoms with Crippen LogP contribution >= 0.6 is 11.8 Å².